The Morgan fingerprint density at radius 1 is 1.21 bits per heavy atom. The van der Waals surface area contributed by atoms with Gasteiger partial charge < -0.3 is 4.74 Å². The molecule has 1 aliphatic rings. The second kappa shape index (κ2) is 2.94. The predicted octanol–water partition coefficient (Wildman–Crippen LogP) is 2.05. The molecule has 2 heterocycles. The summed E-state index contributed by atoms with van der Waals surface area (Å²) in [6.07, 6.45) is 1.01. The summed E-state index contributed by atoms with van der Waals surface area (Å²) in [7, 11) is 0. The Labute approximate surface area is 84.5 Å². The molecule has 3 nitrogen and oxygen atoms in total. The smallest absolute Gasteiger partial charge is 0.220 e. The number of aryl methyl sites for hydroxylation is 2. The molecule has 0 amide bonds. The van der Waals surface area contributed by atoms with E-state index in [1.165, 1.54) is 5.56 Å². The molecule has 3 heteroatoms. The van der Waals surface area contributed by atoms with Crippen LogP contribution in [0, 0.1) is 19.3 Å². The summed E-state index contributed by atoms with van der Waals surface area (Å²) in [5, 5.41) is 0. The van der Waals surface area contributed by atoms with E-state index in [4.69, 9.17) is 4.74 Å². The standard InChI is InChI=1S/C11H16N2O/c1-7-9-5-11(3,4)6-14-10(9)13-8(2)12-7/h5-6H2,1-4H3. The van der Waals surface area contributed by atoms with Crippen LogP contribution >= 0.6 is 0 Å². The van der Waals surface area contributed by atoms with Crippen molar-refractivity contribution in [1.29, 1.82) is 0 Å². The van der Waals surface area contributed by atoms with Gasteiger partial charge >= 0.3 is 0 Å². The highest BCUT2D eigenvalue weighted by molar-refractivity contribution is 5.33. The largest absolute Gasteiger partial charge is 0.477 e. The number of hydrogen-bond donors (Lipinski definition) is 0. The fourth-order valence-electron chi connectivity index (χ4n) is 1.82. The second-order valence-corrected chi connectivity index (χ2v) is 4.77. The molecule has 2 rings (SSSR count). The molecule has 76 valence electrons. The first kappa shape index (κ1) is 9.44. The average molecular weight is 192 g/mol. The van der Waals surface area contributed by atoms with E-state index in [2.05, 4.69) is 23.8 Å². The van der Waals surface area contributed by atoms with Crippen molar-refractivity contribution in [3.63, 3.8) is 0 Å². The molecule has 0 unspecified atom stereocenters. The lowest BCUT2D eigenvalue weighted by Gasteiger charge is -2.31. The van der Waals surface area contributed by atoms with Gasteiger partial charge in [-0.2, -0.15) is 4.98 Å². The fourth-order valence-corrected chi connectivity index (χ4v) is 1.82. The highest BCUT2D eigenvalue weighted by atomic mass is 16.5. The molecule has 0 atom stereocenters. The molecule has 0 spiro atoms. The minimum Gasteiger partial charge on any atom is -0.477 e. The third kappa shape index (κ3) is 1.59. The van der Waals surface area contributed by atoms with Crippen molar-refractivity contribution in [3.05, 3.63) is 17.1 Å². The highest BCUT2D eigenvalue weighted by Crippen LogP contribution is 2.33. The SMILES string of the molecule is Cc1nc(C)c2c(n1)OCC(C)(C)C2. The summed E-state index contributed by atoms with van der Waals surface area (Å²) in [4.78, 5) is 8.67. The highest BCUT2D eigenvalue weighted by Gasteiger charge is 2.29. The first-order valence-electron chi connectivity index (χ1n) is 4.95. The zero-order chi connectivity index (χ0) is 10.3. The predicted molar refractivity (Wildman–Crippen MR) is 54.5 cm³/mol. The second-order valence-electron chi connectivity index (χ2n) is 4.77. The van der Waals surface area contributed by atoms with Crippen LogP contribution in [0.2, 0.25) is 0 Å². The molecule has 1 aromatic heterocycles. The summed E-state index contributed by atoms with van der Waals surface area (Å²) >= 11 is 0. The van der Waals surface area contributed by atoms with Crippen molar-refractivity contribution >= 4 is 0 Å². The van der Waals surface area contributed by atoms with E-state index in [9.17, 15) is 0 Å². The van der Waals surface area contributed by atoms with E-state index < -0.39 is 0 Å². The Balaban J connectivity index is 2.47. The first-order valence-corrected chi connectivity index (χ1v) is 4.95. The monoisotopic (exact) mass is 192 g/mol. The van der Waals surface area contributed by atoms with E-state index in [0.717, 1.165) is 30.4 Å². The molecule has 0 saturated carbocycles. The molecule has 0 bridgehead atoms. The maximum absolute atomic E-state index is 5.65. The van der Waals surface area contributed by atoms with Crippen LogP contribution in [0.25, 0.3) is 0 Å². The third-order valence-corrected chi connectivity index (χ3v) is 2.54. The van der Waals surface area contributed by atoms with Gasteiger partial charge in [0.25, 0.3) is 0 Å². The Hall–Kier alpha value is -1.12. The summed E-state index contributed by atoms with van der Waals surface area (Å²) < 4.78 is 5.65. The average Bonchev–Trinajstić information content (AvgIpc) is 2.06. The maximum Gasteiger partial charge on any atom is 0.220 e. The van der Waals surface area contributed by atoms with Gasteiger partial charge in [-0.15, -0.1) is 0 Å². The molecule has 1 aromatic rings. The van der Waals surface area contributed by atoms with Gasteiger partial charge in [0.1, 0.15) is 5.82 Å². The quantitative estimate of drug-likeness (QED) is 0.631. The van der Waals surface area contributed by atoms with Gasteiger partial charge in [0, 0.05) is 16.7 Å². The van der Waals surface area contributed by atoms with Crippen LogP contribution in [0.15, 0.2) is 0 Å². The lowest BCUT2D eigenvalue weighted by atomic mass is 9.85. The van der Waals surface area contributed by atoms with E-state index in [-0.39, 0.29) is 5.41 Å². The van der Waals surface area contributed by atoms with Crippen LogP contribution in [0.1, 0.15) is 30.9 Å². The molecular weight excluding hydrogens is 176 g/mol. The molecule has 0 aromatic carbocycles. The first-order chi connectivity index (χ1) is 6.48. The Morgan fingerprint density at radius 3 is 2.64 bits per heavy atom. The third-order valence-electron chi connectivity index (χ3n) is 2.54. The Bertz CT molecular complexity index is 372. The normalized spacial score (nSPS) is 18.6. The zero-order valence-corrected chi connectivity index (χ0v) is 9.22. The molecule has 0 aliphatic carbocycles. The number of ether oxygens (including phenoxy) is 1. The van der Waals surface area contributed by atoms with Gasteiger partial charge in [-0.1, -0.05) is 13.8 Å². The molecular formula is C11H16N2O. The fraction of sp³-hybridized carbons (Fsp3) is 0.636. The number of hydrogen-bond acceptors (Lipinski definition) is 3. The van der Waals surface area contributed by atoms with E-state index in [1.807, 2.05) is 13.8 Å². The van der Waals surface area contributed by atoms with Gasteiger partial charge in [-0.05, 0) is 20.3 Å². The molecule has 0 saturated heterocycles. The van der Waals surface area contributed by atoms with Crippen LogP contribution < -0.4 is 4.74 Å². The molecule has 1 aliphatic heterocycles. The van der Waals surface area contributed by atoms with Crippen molar-refractivity contribution in [2.75, 3.05) is 6.61 Å². The minimum atomic E-state index is 0.205. The van der Waals surface area contributed by atoms with Gasteiger partial charge in [0.15, 0.2) is 0 Å². The van der Waals surface area contributed by atoms with Crippen LogP contribution in [0.4, 0.5) is 0 Å². The topological polar surface area (TPSA) is 35.0 Å². The van der Waals surface area contributed by atoms with Crippen molar-refractivity contribution in [2.45, 2.75) is 34.1 Å². The molecule has 0 N–H and O–H groups in total. The molecule has 0 radical (unpaired) electrons. The summed E-state index contributed by atoms with van der Waals surface area (Å²) in [6.45, 7) is 9.08. The van der Waals surface area contributed by atoms with E-state index in [1.54, 1.807) is 0 Å². The van der Waals surface area contributed by atoms with Gasteiger partial charge in [-0.3, -0.25) is 0 Å². The van der Waals surface area contributed by atoms with Crippen molar-refractivity contribution in [2.24, 2.45) is 5.41 Å². The minimum absolute atomic E-state index is 0.205. The van der Waals surface area contributed by atoms with E-state index >= 15 is 0 Å². The van der Waals surface area contributed by atoms with Gasteiger partial charge in [0.05, 0.1) is 6.61 Å². The lowest BCUT2D eigenvalue weighted by molar-refractivity contribution is 0.147. The number of fused-ring (bicyclic) bond motifs is 1. The lowest BCUT2D eigenvalue weighted by Crippen LogP contribution is -2.30. The maximum atomic E-state index is 5.65. The Kier molecular flexibility index (Phi) is 1.98. The van der Waals surface area contributed by atoms with Gasteiger partial charge in [0.2, 0.25) is 5.88 Å². The van der Waals surface area contributed by atoms with Crippen molar-refractivity contribution < 1.29 is 4.74 Å². The van der Waals surface area contributed by atoms with Crippen LogP contribution in [0.5, 0.6) is 5.88 Å². The number of nitrogens with zero attached hydrogens (tertiary/aromatic N) is 2. The Morgan fingerprint density at radius 2 is 1.93 bits per heavy atom. The summed E-state index contributed by atoms with van der Waals surface area (Å²) in [6, 6.07) is 0. The van der Waals surface area contributed by atoms with Crippen LogP contribution in [0.3, 0.4) is 0 Å². The van der Waals surface area contributed by atoms with E-state index in [0.29, 0.717) is 0 Å². The summed E-state index contributed by atoms with van der Waals surface area (Å²) in [5.41, 5.74) is 2.43. The zero-order valence-electron chi connectivity index (χ0n) is 9.22. The number of rotatable bonds is 0. The van der Waals surface area contributed by atoms with Gasteiger partial charge in [-0.25, -0.2) is 4.98 Å². The number of aromatic nitrogens is 2. The molecule has 14 heavy (non-hydrogen) atoms. The molecule has 0 fully saturated rings. The summed E-state index contributed by atoms with van der Waals surface area (Å²) in [5.74, 6) is 1.58. The van der Waals surface area contributed by atoms with Crippen LogP contribution in [-0.2, 0) is 6.42 Å². The van der Waals surface area contributed by atoms with Crippen LogP contribution in [-0.4, -0.2) is 16.6 Å². The van der Waals surface area contributed by atoms with Crippen molar-refractivity contribution in [3.8, 4) is 5.88 Å². The van der Waals surface area contributed by atoms with Crippen molar-refractivity contribution in [1.82, 2.24) is 9.97 Å².